The number of rotatable bonds is 8. The lowest BCUT2D eigenvalue weighted by Crippen LogP contribution is -2.45. The number of nitrogens with one attached hydrogen (secondary N) is 1. The van der Waals surface area contributed by atoms with Gasteiger partial charge in [0, 0.05) is 31.0 Å². The fourth-order valence-corrected chi connectivity index (χ4v) is 3.26. The Morgan fingerprint density at radius 1 is 1.05 bits per heavy atom. The van der Waals surface area contributed by atoms with E-state index in [4.69, 9.17) is 0 Å². The van der Waals surface area contributed by atoms with Gasteiger partial charge in [0.2, 0.25) is 11.8 Å². The normalized spacial score (nSPS) is 20.7. The molecule has 0 bridgehead atoms. The molecule has 1 N–H and O–H groups in total. The van der Waals surface area contributed by atoms with Crippen molar-refractivity contribution >= 4 is 11.8 Å². The monoisotopic (exact) mass is 308 g/mol. The van der Waals surface area contributed by atoms with Gasteiger partial charge in [-0.1, -0.05) is 32.6 Å². The lowest BCUT2D eigenvalue weighted by Gasteiger charge is -2.32. The zero-order valence-electron chi connectivity index (χ0n) is 14.3. The van der Waals surface area contributed by atoms with Crippen LogP contribution in [0.3, 0.4) is 0 Å². The van der Waals surface area contributed by atoms with Crippen molar-refractivity contribution in [3.05, 3.63) is 0 Å². The van der Waals surface area contributed by atoms with Crippen molar-refractivity contribution in [1.29, 1.82) is 0 Å². The van der Waals surface area contributed by atoms with E-state index in [0.29, 0.717) is 11.8 Å². The Labute approximate surface area is 135 Å². The second-order valence-electron chi connectivity index (χ2n) is 7.13. The van der Waals surface area contributed by atoms with E-state index < -0.39 is 0 Å². The summed E-state index contributed by atoms with van der Waals surface area (Å²) in [5, 5.41) is 3.16. The summed E-state index contributed by atoms with van der Waals surface area (Å²) in [4.78, 5) is 26.3. The van der Waals surface area contributed by atoms with Gasteiger partial charge in [0.15, 0.2) is 0 Å². The first-order valence-electron chi connectivity index (χ1n) is 9.21. The van der Waals surface area contributed by atoms with Gasteiger partial charge in [-0.3, -0.25) is 9.59 Å². The Morgan fingerprint density at radius 3 is 2.32 bits per heavy atom. The molecule has 1 unspecified atom stereocenters. The van der Waals surface area contributed by atoms with Crippen molar-refractivity contribution in [3.8, 4) is 0 Å². The van der Waals surface area contributed by atoms with Gasteiger partial charge in [0.1, 0.15) is 0 Å². The summed E-state index contributed by atoms with van der Waals surface area (Å²) in [6.07, 6.45) is 9.85. The number of hydrogen-bond donors (Lipinski definition) is 1. The first kappa shape index (κ1) is 17.3. The third kappa shape index (κ3) is 5.29. The summed E-state index contributed by atoms with van der Waals surface area (Å²) in [6, 6.07) is 0.274. The summed E-state index contributed by atoms with van der Waals surface area (Å²) in [5.41, 5.74) is 0. The predicted molar refractivity (Wildman–Crippen MR) is 88.4 cm³/mol. The van der Waals surface area contributed by atoms with E-state index in [9.17, 15) is 9.59 Å². The predicted octanol–water partition coefficient (Wildman–Crippen LogP) is 3.11. The molecule has 2 amide bonds. The van der Waals surface area contributed by atoms with E-state index in [-0.39, 0.29) is 17.9 Å². The topological polar surface area (TPSA) is 49.4 Å². The van der Waals surface area contributed by atoms with Crippen LogP contribution in [0.15, 0.2) is 0 Å². The van der Waals surface area contributed by atoms with Crippen LogP contribution in [0.1, 0.15) is 71.6 Å². The molecule has 2 aliphatic rings. The molecular weight excluding hydrogens is 276 g/mol. The Balaban J connectivity index is 1.62. The molecule has 0 spiro atoms. The van der Waals surface area contributed by atoms with Crippen molar-refractivity contribution in [2.24, 2.45) is 11.8 Å². The van der Waals surface area contributed by atoms with E-state index in [1.165, 1.54) is 25.7 Å². The molecule has 0 aromatic heterocycles. The standard InChI is InChI=1S/C18H32N2O2/c1-3-4-5-6-7-14(2)19-17(21)15-10-12-20(13-11-15)18(22)16-8-9-16/h14-16H,3-13H2,1-2H3,(H,19,21). The number of amides is 2. The van der Waals surface area contributed by atoms with E-state index in [1.54, 1.807) is 0 Å². The number of piperidine rings is 1. The molecule has 4 heteroatoms. The van der Waals surface area contributed by atoms with Gasteiger partial charge in [-0.05, 0) is 39.0 Å². The van der Waals surface area contributed by atoms with Crippen LogP contribution in [0.25, 0.3) is 0 Å². The van der Waals surface area contributed by atoms with E-state index in [1.807, 2.05) is 4.90 Å². The molecule has 1 atom stereocenters. The van der Waals surface area contributed by atoms with Gasteiger partial charge in [-0.2, -0.15) is 0 Å². The molecular formula is C18H32N2O2. The molecule has 22 heavy (non-hydrogen) atoms. The molecule has 1 saturated heterocycles. The minimum absolute atomic E-state index is 0.0985. The molecule has 1 aliphatic carbocycles. The van der Waals surface area contributed by atoms with Crippen LogP contribution in [-0.4, -0.2) is 35.8 Å². The fraction of sp³-hybridized carbons (Fsp3) is 0.889. The summed E-state index contributed by atoms with van der Waals surface area (Å²) in [5.74, 6) is 0.916. The molecule has 1 heterocycles. The average molecular weight is 308 g/mol. The maximum atomic E-state index is 12.3. The number of carbonyl (C=O) groups excluding carboxylic acids is 2. The maximum Gasteiger partial charge on any atom is 0.225 e. The van der Waals surface area contributed by atoms with Crippen LogP contribution in [0.4, 0.5) is 0 Å². The number of unbranched alkanes of at least 4 members (excludes halogenated alkanes) is 3. The van der Waals surface area contributed by atoms with Crippen molar-refractivity contribution in [2.45, 2.75) is 77.7 Å². The lowest BCUT2D eigenvalue weighted by atomic mass is 9.95. The second kappa shape index (κ2) is 8.54. The maximum absolute atomic E-state index is 12.3. The zero-order valence-corrected chi connectivity index (χ0v) is 14.3. The molecule has 4 nitrogen and oxygen atoms in total. The van der Waals surface area contributed by atoms with Crippen LogP contribution in [-0.2, 0) is 9.59 Å². The van der Waals surface area contributed by atoms with Gasteiger partial charge in [0.25, 0.3) is 0 Å². The summed E-state index contributed by atoms with van der Waals surface area (Å²) in [6.45, 7) is 5.84. The third-order valence-corrected chi connectivity index (χ3v) is 4.98. The first-order chi connectivity index (χ1) is 10.6. The van der Waals surface area contributed by atoms with E-state index in [0.717, 1.165) is 45.2 Å². The Hall–Kier alpha value is -1.06. The Kier molecular flexibility index (Phi) is 6.71. The van der Waals surface area contributed by atoms with Crippen molar-refractivity contribution in [1.82, 2.24) is 10.2 Å². The largest absolute Gasteiger partial charge is 0.353 e. The average Bonchev–Trinajstić information content (AvgIpc) is 3.36. The molecule has 1 aliphatic heterocycles. The molecule has 2 rings (SSSR count). The zero-order chi connectivity index (χ0) is 15.9. The molecule has 2 fully saturated rings. The van der Waals surface area contributed by atoms with Crippen molar-refractivity contribution in [3.63, 3.8) is 0 Å². The van der Waals surface area contributed by atoms with Crippen LogP contribution in [0.2, 0.25) is 0 Å². The molecule has 0 aromatic rings. The summed E-state index contributed by atoms with van der Waals surface area (Å²) in [7, 11) is 0. The van der Waals surface area contributed by atoms with Crippen LogP contribution in [0.5, 0.6) is 0 Å². The number of likely N-dealkylation sites (tertiary alicyclic amines) is 1. The van der Waals surface area contributed by atoms with Gasteiger partial charge in [-0.25, -0.2) is 0 Å². The van der Waals surface area contributed by atoms with Crippen molar-refractivity contribution < 1.29 is 9.59 Å². The Morgan fingerprint density at radius 2 is 1.73 bits per heavy atom. The highest BCUT2D eigenvalue weighted by atomic mass is 16.2. The summed E-state index contributed by atoms with van der Waals surface area (Å²) >= 11 is 0. The fourth-order valence-electron chi connectivity index (χ4n) is 3.26. The van der Waals surface area contributed by atoms with Gasteiger partial charge < -0.3 is 10.2 Å². The van der Waals surface area contributed by atoms with E-state index >= 15 is 0 Å². The van der Waals surface area contributed by atoms with Gasteiger partial charge >= 0.3 is 0 Å². The van der Waals surface area contributed by atoms with Crippen molar-refractivity contribution in [2.75, 3.05) is 13.1 Å². The number of carbonyl (C=O) groups is 2. The highest BCUT2D eigenvalue weighted by Crippen LogP contribution is 2.32. The van der Waals surface area contributed by atoms with Gasteiger partial charge in [0.05, 0.1) is 0 Å². The second-order valence-corrected chi connectivity index (χ2v) is 7.13. The molecule has 0 radical (unpaired) electrons. The minimum atomic E-state index is 0.0985. The highest BCUT2D eigenvalue weighted by Gasteiger charge is 2.36. The molecule has 0 aromatic carbocycles. The SMILES string of the molecule is CCCCCCC(C)NC(=O)C1CCN(C(=O)C2CC2)CC1. The van der Waals surface area contributed by atoms with Crippen LogP contribution >= 0.6 is 0 Å². The molecule has 126 valence electrons. The number of hydrogen-bond acceptors (Lipinski definition) is 2. The minimum Gasteiger partial charge on any atom is -0.353 e. The first-order valence-corrected chi connectivity index (χ1v) is 9.21. The summed E-state index contributed by atoms with van der Waals surface area (Å²) < 4.78 is 0. The highest BCUT2D eigenvalue weighted by molar-refractivity contribution is 5.82. The van der Waals surface area contributed by atoms with Crippen LogP contribution < -0.4 is 5.32 Å². The van der Waals surface area contributed by atoms with E-state index in [2.05, 4.69) is 19.2 Å². The smallest absolute Gasteiger partial charge is 0.225 e. The third-order valence-electron chi connectivity index (χ3n) is 4.98. The quantitative estimate of drug-likeness (QED) is 0.700. The number of nitrogens with zero attached hydrogens (tertiary/aromatic N) is 1. The lowest BCUT2D eigenvalue weighted by molar-refractivity contribution is -0.136. The molecule has 1 saturated carbocycles. The van der Waals surface area contributed by atoms with Crippen LogP contribution in [0, 0.1) is 11.8 Å². The van der Waals surface area contributed by atoms with Gasteiger partial charge in [-0.15, -0.1) is 0 Å². The Bertz CT molecular complexity index is 371.